The van der Waals surface area contributed by atoms with Crippen LogP contribution < -0.4 is 10.3 Å². The van der Waals surface area contributed by atoms with Gasteiger partial charge in [-0.1, -0.05) is 6.92 Å². The highest BCUT2D eigenvalue weighted by Crippen LogP contribution is 2.16. The first-order chi connectivity index (χ1) is 8.63. The molecule has 0 amide bonds. The third-order valence-corrected chi connectivity index (χ3v) is 2.78. The van der Waals surface area contributed by atoms with Gasteiger partial charge in [0.15, 0.2) is 0 Å². The first-order valence-corrected chi connectivity index (χ1v) is 6.27. The lowest BCUT2D eigenvalue weighted by Gasteiger charge is -2.11. The number of nitrogens with zero attached hydrogens (tertiary/aromatic N) is 2. The van der Waals surface area contributed by atoms with E-state index in [1.54, 1.807) is 23.0 Å². The SMILES string of the molecule is CCCOc1cnc2ccn(C(C)C)c(=O)c2c1. The van der Waals surface area contributed by atoms with Gasteiger partial charge >= 0.3 is 0 Å². The van der Waals surface area contributed by atoms with Crippen LogP contribution in [-0.4, -0.2) is 16.2 Å². The Bertz CT molecular complexity index is 602. The molecule has 0 radical (unpaired) electrons. The Morgan fingerprint density at radius 1 is 1.44 bits per heavy atom. The first kappa shape index (κ1) is 12.6. The summed E-state index contributed by atoms with van der Waals surface area (Å²) in [5.41, 5.74) is 0.692. The van der Waals surface area contributed by atoms with Crippen LogP contribution in [0.15, 0.2) is 29.3 Å². The number of ether oxygens (including phenoxy) is 1. The van der Waals surface area contributed by atoms with Crippen LogP contribution in [0.25, 0.3) is 10.9 Å². The van der Waals surface area contributed by atoms with E-state index in [0.717, 1.165) is 6.42 Å². The molecule has 0 saturated carbocycles. The van der Waals surface area contributed by atoms with Crippen molar-refractivity contribution in [2.75, 3.05) is 6.61 Å². The first-order valence-electron chi connectivity index (χ1n) is 6.27. The van der Waals surface area contributed by atoms with Crippen LogP contribution in [-0.2, 0) is 0 Å². The fraction of sp³-hybridized carbons (Fsp3) is 0.429. The number of rotatable bonds is 4. The zero-order chi connectivity index (χ0) is 13.1. The molecule has 18 heavy (non-hydrogen) atoms. The monoisotopic (exact) mass is 246 g/mol. The van der Waals surface area contributed by atoms with Crippen molar-refractivity contribution in [2.45, 2.75) is 33.2 Å². The number of fused-ring (bicyclic) bond motifs is 1. The molecular weight excluding hydrogens is 228 g/mol. The molecule has 2 aromatic rings. The molecule has 0 bridgehead atoms. The van der Waals surface area contributed by atoms with Crippen molar-refractivity contribution in [3.8, 4) is 5.75 Å². The van der Waals surface area contributed by atoms with Gasteiger partial charge in [-0.3, -0.25) is 9.78 Å². The largest absolute Gasteiger partial charge is 0.492 e. The zero-order valence-electron chi connectivity index (χ0n) is 11.0. The smallest absolute Gasteiger partial charge is 0.260 e. The molecule has 0 spiro atoms. The zero-order valence-corrected chi connectivity index (χ0v) is 11.0. The van der Waals surface area contributed by atoms with Gasteiger partial charge in [0.2, 0.25) is 0 Å². The molecule has 2 rings (SSSR count). The Balaban J connectivity index is 2.52. The van der Waals surface area contributed by atoms with E-state index < -0.39 is 0 Å². The standard InChI is InChI=1S/C14H18N2O2/c1-4-7-18-11-8-12-13(15-9-11)5-6-16(10(2)3)14(12)17/h5-6,8-10H,4,7H2,1-3H3. The third-order valence-electron chi connectivity index (χ3n) is 2.78. The summed E-state index contributed by atoms with van der Waals surface area (Å²) in [5, 5.41) is 0.611. The van der Waals surface area contributed by atoms with Crippen LogP contribution in [0.1, 0.15) is 33.2 Å². The average molecular weight is 246 g/mol. The number of hydrogen-bond donors (Lipinski definition) is 0. The topological polar surface area (TPSA) is 44.1 Å². The minimum absolute atomic E-state index is 0.0167. The summed E-state index contributed by atoms with van der Waals surface area (Å²) in [6, 6.07) is 3.78. The van der Waals surface area contributed by atoms with Gasteiger partial charge in [0.25, 0.3) is 5.56 Å². The van der Waals surface area contributed by atoms with Crippen molar-refractivity contribution in [3.63, 3.8) is 0 Å². The highest BCUT2D eigenvalue weighted by Gasteiger charge is 2.07. The molecule has 4 heteroatoms. The van der Waals surface area contributed by atoms with Crippen LogP contribution >= 0.6 is 0 Å². The van der Waals surface area contributed by atoms with Crippen molar-refractivity contribution < 1.29 is 4.74 Å². The molecular formula is C14H18N2O2. The normalized spacial score (nSPS) is 11.1. The molecule has 0 aliphatic rings. The molecule has 96 valence electrons. The third kappa shape index (κ3) is 2.37. The van der Waals surface area contributed by atoms with E-state index >= 15 is 0 Å². The molecule has 0 atom stereocenters. The maximum absolute atomic E-state index is 12.3. The van der Waals surface area contributed by atoms with E-state index in [4.69, 9.17) is 4.74 Å². The van der Waals surface area contributed by atoms with E-state index in [2.05, 4.69) is 4.98 Å². The van der Waals surface area contributed by atoms with E-state index in [-0.39, 0.29) is 11.6 Å². The maximum atomic E-state index is 12.3. The van der Waals surface area contributed by atoms with E-state index in [9.17, 15) is 4.79 Å². The Morgan fingerprint density at radius 2 is 2.22 bits per heavy atom. The fourth-order valence-corrected chi connectivity index (χ4v) is 1.82. The summed E-state index contributed by atoms with van der Waals surface area (Å²) in [5.74, 6) is 0.656. The van der Waals surface area contributed by atoms with Crippen molar-refractivity contribution in [1.29, 1.82) is 0 Å². The molecule has 0 aliphatic carbocycles. The van der Waals surface area contributed by atoms with Crippen molar-refractivity contribution in [2.24, 2.45) is 0 Å². The molecule has 0 aromatic carbocycles. The lowest BCUT2D eigenvalue weighted by Crippen LogP contribution is -2.21. The van der Waals surface area contributed by atoms with Gasteiger partial charge in [-0.15, -0.1) is 0 Å². The predicted octanol–water partition coefficient (Wildman–Crippen LogP) is 2.77. The summed E-state index contributed by atoms with van der Waals surface area (Å²) >= 11 is 0. The highest BCUT2D eigenvalue weighted by atomic mass is 16.5. The lowest BCUT2D eigenvalue weighted by molar-refractivity contribution is 0.316. The van der Waals surface area contributed by atoms with Gasteiger partial charge in [0.1, 0.15) is 5.75 Å². The molecule has 4 nitrogen and oxygen atoms in total. The summed E-state index contributed by atoms with van der Waals surface area (Å²) in [6.07, 6.45) is 4.38. The van der Waals surface area contributed by atoms with E-state index in [1.165, 1.54) is 0 Å². The lowest BCUT2D eigenvalue weighted by atomic mass is 10.2. The van der Waals surface area contributed by atoms with Crippen molar-refractivity contribution in [1.82, 2.24) is 9.55 Å². The number of aromatic nitrogens is 2. The van der Waals surface area contributed by atoms with Gasteiger partial charge in [0, 0.05) is 12.2 Å². The number of hydrogen-bond acceptors (Lipinski definition) is 3. The second kappa shape index (κ2) is 5.21. The Labute approximate surface area is 106 Å². The summed E-state index contributed by atoms with van der Waals surface area (Å²) in [7, 11) is 0. The van der Waals surface area contributed by atoms with Gasteiger partial charge < -0.3 is 9.30 Å². The summed E-state index contributed by atoms with van der Waals surface area (Å²) < 4.78 is 7.21. The van der Waals surface area contributed by atoms with Crippen LogP contribution in [0.2, 0.25) is 0 Å². The van der Waals surface area contributed by atoms with Gasteiger partial charge in [-0.05, 0) is 32.4 Å². The van der Waals surface area contributed by atoms with Gasteiger partial charge in [-0.2, -0.15) is 0 Å². The second-order valence-electron chi connectivity index (χ2n) is 4.57. The van der Waals surface area contributed by atoms with Crippen LogP contribution in [0.5, 0.6) is 5.75 Å². The van der Waals surface area contributed by atoms with Crippen LogP contribution in [0, 0.1) is 0 Å². The quantitative estimate of drug-likeness (QED) is 0.833. The van der Waals surface area contributed by atoms with Gasteiger partial charge in [0.05, 0.1) is 23.7 Å². The molecule has 2 aromatic heterocycles. The van der Waals surface area contributed by atoms with Crippen molar-refractivity contribution >= 4 is 10.9 Å². The Kier molecular flexibility index (Phi) is 3.65. The molecule has 0 fully saturated rings. The summed E-state index contributed by atoms with van der Waals surface area (Å²) in [4.78, 5) is 16.5. The minimum Gasteiger partial charge on any atom is -0.492 e. The minimum atomic E-state index is -0.0167. The maximum Gasteiger partial charge on any atom is 0.260 e. The molecule has 0 N–H and O–H groups in total. The number of pyridine rings is 2. The van der Waals surface area contributed by atoms with E-state index in [1.807, 2.05) is 26.8 Å². The fourth-order valence-electron chi connectivity index (χ4n) is 1.82. The predicted molar refractivity (Wildman–Crippen MR) is 72.2 cm³/mol. The van der Waals surface area contributed by atoms with Crippen LogP contribution in [0.3, 0.4) is 0 Å². The van der Waals surface area contributed by atoms with Crippen molar-refractivity contribution in [3.05, 3.63) is 34.9 Å². The molecule has 0 aliphatic heterocycles. The Morgan fingerprint density at radius 3 is 2.89 bits per heavy atom. The Hall–Kier alpha value is -1.84. The molecule has 0 unspecified atom stereocenters. The highest BCUT2D eigenvalue weighted by molar-refractivity contribution is 5.78. The van der Waals surface area contributed by atoms with E-state index in [0.29, 0.717) is 23.3 Å². The van der Waals surface area contributed by atoms with Gasteiger partial charge in [-0.25, -0.2) is 0 Å². The summed E-state index contributed by atoms with van der Waals surface area (Å²) in [6.45, 7) is 6.65. The molecule has 2 heterocycles. The molecule has 0 saturated heterocycles. The van der Waals surface area contributed by atoms with Crippen LogP contribution in [0.4, 0.5) is 0 Å². The second-order valence-corrected chi connectivity index (χ2v) is 4.57. The average Bonchev–Trinajstić information content (AvgIpc) is 2.36.